The summed E-state index contributed by atoms with van der Waals surface area (Å²) in [7, 11) is 0. The number of benzene rings is 3. The lowest BCUT2D eigenvalue weighted by molar-refractivity contribution is -0.118. The number of aryl methyl sites for hydroxylation is 2. The Bertz CT molecular complexity index is 1540. The number of ether oxygens (including phenoxy) is 2. The molecule has 1 amide bonds. The van der Waals surface area contributed by atoms with Gasteiger partial charge in [0.25, 0.3) is 0 Å². The van der Waals surface area contributed by atoms with E-state index in [1.54, 1.807) is 0 Å². The minimum Gasteiger partial charge on any atom is -0.494 e. The van der Waals surface area contributed by atoms with Gasteiger partial charge in [0.15, 0.2) is 0 Å². The number of aromatic nitrogens is 2. The van der Waals surface area contributed by atoms with Crippen molar-refractivity contribution in [2.45, 2.75) is 47.3 Å². The summed E-state index contributed by atoms with van der Waals surface area (Å²) in [4.78, 5) is 35.9. The van der Waals surface area contributed by atoms with Crippen molar-refractivity contribution in [3.8, 4) is 22.6 Å². The van der Waals surface area contributed by atoms with Gasteiger partial charge >= 0.3 is 11.4 Å². The van der Waals surface area contributed by atoms with E-state index in [9.17, 15) is 14.4 Å². The summed E-state index contributed by atoms with van der Waals surface area (Å²) in [5, 5.41) is 2.78. The third kappa shape index (κ3) is 7.07. The van der Waals surface area contributed by atoms with Crippen molar-refractivity contribution < 1.29 is 18.8 Å². The number of amides is 1. The lowest BCUT2D eigenvalue weighted by Gasteiger charge is -2.18. The average molecular weight is 532 g/mol. The van der Waals surface area contributed by atoms with E-state index in [-0.39, 0.29) is 12.5 Å². The molecule has 0 aliphatic carbocycles. The molecular formula is C30H33N3O6. The van der Waals surface area contributed by atoms with Crippen LogP contribution in [0.1, 0.15) is 41.2 Å². The standard InChI is InChI=1S/C30H33N3O6/c1-19-15-26(37-14-6-13-31-22(4)34)16-20(2)28(19)27-8-5-7-24(21(27)3)18-38-25-11-9-23(10-12-25)17-33-29(35)32-30(36)39-33/h5,7-12,15-16H,6,13-14,17-18H2,1-4H3,(H,31,34)(H,32,35,36). The molecule has 3 aromatic carbocycles. The predicted octanol–water partition coefficient (Wildman–Crippen LogP) is 4.25. The summed E-state index contributed by atoms with van der Waals surface area (Å²) in [6.45, 7) is 9.47. The highest BCUT2D eigenvalue weighted by molar-refractivity contribution is 5.75. The molecule has 9 nitrogen and oxygen atoms in total. The molecule has 0 aliphatic heterocycles. The van der Waals surface area contributed by atoms with Crippen molar-refractivity contribution in [1.82, 2.24) is 15.0 Å². The van der Waals surface area contributed by atoms with E-state index in [0.717, 1.165) is 50.3 Å². The first-order chi connectivity index (χ1) is 18.7. The van der Waals surface area contributed by atoms with Crippen LogP contribution in [0.5, 0.6) is 11.5 Å². The first kappa shape index (κ1) is 27.5. The second-order valence-corrected chi connectivity index (χ2v) is 9.48. The van der Waals surface area contributed by atoms with Crippen LogP contribution in [0.4, 0.5) is 0 Å². The zero-order valence-corrected chi connectivity index (χ0v) is 22.6. The largest absolute Gasteiger partial charge is 0.494 e. The van der Waals surface area contributed by atoms with Gasteiger partial charge in [0, 0.05) is 13.5 Å². The third-order valence-electron chi connectivity index (χ3n) is 6.46. The lowest BCUT2D eigenvalue weighted by Crippen LogP contribution is -2.22. The number of hydrogen-bond acceptors (Lipinski definition) is 6. The second kappa shape index (κ2) is 12.3. The van der Waals surface area contributed by atoms with Gasteiger partial charge in [0.1, 0.15) is 18.1 Å². The maximum Gasteiger partial charge on any atom is 0.440 e. The van der Waals surface area contributed by atoms with Crippen LogP contribution < -0.4 is 26.2 Å². The van der Waals surface area contributed by atoms with Crippen molar-refractivity contribution in [2.75, 3.05) is 13.2 Å². The van der Waals surface area contributed by atoms with E-state index >= 15 is 0 Å². The Morgan fingerprint density at radius 1 is 0.974 bits per heavy atom. The molecule has 4 rings (SSSR count). The third-order valence-corrected chi connectivity index (χ3v) is 6.46. The van der Waals surface area contributed by atoms with E-state index in [1.165, 1.54) is 12.5 Å². The molecule has 0 bridgehead atoms. The van der Waals surface area contributed by atoms with Crippen LogP contribution in [0.15, 0.2) is 68.7 Å². The van der Waals surface area contributed by atoms with E-state index in [2.05, 4.69) is 55.3 Å². The first-order valence-electron chi connectivity index (χ1n) is 12.8. The Kier molecular flexibility index (Phi) is 8.70. The molecule has 0 fully saturated rings. The number of carbonyl (C=O) groups excluding carboxylic acids is 1. The number of nitrogens with one attached hydrogen (secondary N) is 2. The van der Waals surface area contributed by atoms with E-state index in [1.807, 2.05) is 30.3 Å². The first-order valence-corrected chi connectivity index (χ1v) is 12.8. The molecule has 0 radical (unpaired) electrons. The summed E-state index contributed by atoms with van der Waals surface area (Å²) >= 11 is 0. The maximum atomic E-state index is 11.6. The van der Waals surface area contributed by atoms with Gasteiger partial charge in [-0.25, -0.2) is 14.6 Å². The number of carbonyl (C=O) groups is 1. The highest BCUT2D eigenvalue weighted by Crippen LogP contribution is 2.34. The second-order valence-electron chi connectivity index (χ2n) is 9.48. The van der Waals surface area contributed by atoms with Gasteiger partial charge in [0.05, 0.1) is 13.2 Å². The Balaban J connectivity index is 1.42. The van der Waals surface area contributed by atoms with Gasteiger partial charge < -0.3 is 19.3 Å². The SMILES string of the molecule is CC(=O)NCCCOc1cc(C)c(-c2cccc(COc3ccc(Cn4oc(=O)[nH]c4=O)cc3)c2C)c(C)c1. The molecular weight excluding hydrogens is 498 g/mol. The molecule has 1 heterocycles. The number of rotatable bonds is 11. The fourth-order valence-corrected chi connectivity index (χ4v) is 4.51. The molecule has 1 aromatic heterocycles. The normalized spacial score (nSPS) is 10.9. The zero-order chi connectivity index (χ0) is 27.9. The average Bonchev–Trinajstić information content (AvgIpc) is 3.20. The van der Waals surface area contributed by atoms with Crippen molar-refractivity contribution >= 4 is 5.91 Å². The molecule has 0 unspecified atom stereocenters. The molecule has 0 aliphatic rings. The van der Waals surface area contributed by atoms with Crippen molar-refractivity contribution in [3.05, 3.63) is 103 Å². The molecule has 0 saturated heterocycles. The fraction of sp³-hybridized carbons (Fsp3) is 0.300. The van der Waals surface area contributed by atoms with Crippen LogP contribution in [0.25, 0.3) is 11.1 Å². The quantitative estimate of drug-likeness (QED) is 0.280. The minimum absolute atomic E-state index is 0.0354. The monoisotopic (exact) mass is 531 g/mol. The van der Waals surface area contributed by atoms with E-state index < -0.39 is 11.4 Å². The minimum atomic E-state index is -0.776. The topological polar surface area (TPSA) is 116 Å². The predicted molar refractivity (Wildman–Crippen MR) is 148 cm³/mol. The number of hydrogen-bond donors (Lipinski definition) is 2. The van der Waals surface area contributed by atoms with Crippen molar-refractivity contribution in [1.29, 1.82) is 0 Å². The van der Waals surface area contributed by atoms with Gasteiger partial charge in [-0.3, -0.25) is 4.79 Å². The van der Waals surface area contributed by atoms with Crippen molar-refractivity contribution in [2.24, 2.45) is 0 Å². The maximum absolute atomic E-state index is 11.6. The molecule has 204 valence electrons. The smallest absolute Gasteiger partial charge is 0.440 e. The molecule has 2 N–H and O–H groups in total. The summed E-state index contributed by atoms with van der Waals surface area (Å²) in [5.41, 5.74) is 7.02. The fourth-order valence-electron chi connectivity index (χ4n) is 4.51. The molecule has 0 atom stereocenters. The van der Waals surface area contributed by atoms with Crippen LogP contribution in [0.2, 0.25) is 0 Å². The zero-order valence-electron chi connectivity index (χ0n) is 22.6. The number of aromatic amines is 1. The highest BCUT2D eigenvalue weighted by Gasteiger charge is 2.13. The summed E-state index contributed by atoms with van der Waals surface area (Å²) in [5.74, 6) is 0.702. The van der Waals surface area contributed by atoms with Crippen LogP contribution in [-0.4, -0.2) is 28.8 Å². The van der Waals surface area contributed by atoms with E-state index in [4.69, 9.17) is 14.0 Å². The Hall–Kier alpha value is -4.53. The van der Waals surface area contributed by atoms with Gasteiger partial charge in [-0.2, -0.15) is 0 Å². The van der Waals surface area contributed by atoms with Crippen LogP contribution >= 0.6 is 0 Å². The number of nitrogens with zero attached hydrogens (tertiary/aromatic N) is 1. The van der Waals surface area contributed by atoms with E-state index in [0.29, 0.717) is 25.5 Å². The van der Waals surface area contributed by atoms with Crippen molar-refractivity contribution in [3.63, 3.8) is 0 Å². The van der Waals surface area contributed by atoms with Crippen LogP contribution in [0, 0.1) is 20.8 Å². The summed E-state index contributed by atoms with van der Waals surface area (Å²) < 4.78 is 17.8. The molecule has 4 aromatic rings. The molecule has 0 saturated carbocycles. The van der Waals surface area contributed by atoms with Crippen LogP contribution in [0.3, 0.4) is 0 Å². The Morgan fingerprint density at radius 2 is 1.69 bits per heavy atom. The molecule has 0 spiro atoms. The molecule has 9 heteroatoms. The van der Waals surface area contributed by atoms with Gasteiger partial charge in [-0.05, 0) is 90.4 Å². The Morgan fingerprint density at radius 3 is 2.33 bits per heavy atom. The summed E-state index contributed by atoms with van der Waals surface area (Å²) in [6, 6.07) is 17.6. The van der Waals surface area contributed by atoms with Crippen LogP contribution in [-0.2, 0) is 17.9 Å². The Labute approximate surface area is 226 Å². The van der Waals surface area contributed by atoms with Gasteiger partial charge in [-0.15, -0.1) is 4.74 Å². The number of H-pyrrole nitrogens is 1. The summed E-state index contributed by atoms with van der Waals surface area (Å²) in [6.07, 6.45) is 0.744. The highest BCUT2D eigenvalue weighted by atomic mass is 16.5. The lowest BCUT2D eigenvalue weighted by atomic mass is 9.90. The van der Waals surface area contributed by atoms with Gasteiger partial charge in [0.2, 0.25) is 5.91 Å². The van der Waals surface area contributed by atoms with Gasteiger partial charge in [-0.1, -0.05) is 30.3 Å². The molecule has 39 heavy (non-hydrogen) atoms.